The highest BCUT2D eigenvalue weighted by atomic mass is 19.1. The van der Waals surface area contributed by atoms with Crippen molar-refractivity contribution in [2.75, 3.05) is 5.32 Å². The largest absolute Gasteiger partial charge is 0.370 e. The van der Waals surface area contributed by atoms with Crippen LogP contribution in [0.4, 0.5) is 10.1 Å². The number of halogens is 1. The fourth-order valence-corrected chi connectivity index (χ4v) is 3.01. The summed E-state index contributed by atoms with van der Waals surface area (Å²) in [6.07, 6.45) is 4.52. The Morgan fingerprint density at radius 2 is 2.08 bits per heavy atom. The van der Waals surface area contributed by atoms with E-state index in [2.05, 4.69) is 16.4 Å². The third-order valence-electron chi connectivity index (χ3n) is 4.25. The van der Waals surface area contributed by atoms with Crippen molar-refractivity contribution in [2.24, 2.45) is 10.7 Å². The summed E-state index contributed by atoms with van der Waals surface area (Å²) in [5.41, 5.74) is 10.3. The van der Waals surface area contributed by atoms with Gasteiger partial charge in [0.1, 0.15) is 5.82 Å². The van der Waals surface area contributed by atoms with Gasteiger partial charge in [-0.15, -0.1) is 0 Å². The molecule has 4 nitrogen and oxygen atoms in total. The highest BCUT2D eigenvalue weighted by Crippen LogP contribution is 2.27. The molecule has 0 saturated carbocycles. The smallest absolute Gasteiger partial charge is 0.193 e. The first-order chi connectivity index (χ1) is 11.7. The Kier molecular flexibility index (Phi) is 4.76. The van der Waals surface area contributed by atoms with E-state index in [-0.39, 0.29) is 18.3 Å². The second kappa shape index (κ2) is 7.14. The van der Waals surface area contributed by atoms with Crippen LogP contribution in [0.3, 0.4) is 0 Å². The van der Waals surface area contributed by atoms with Crippen LogP contribution in [0, 0.1) is 17.1 Å². The Labute approximate surface area is 140 Å². The van der Waals surface area contributed by atoms with Crippen LogP contribution >= 0.6 is 0 Å². The average molecular weight is 322 g/mol. The van der Waals surface area contributed by atoms with Crippen LogP contribution in [0.1, 0.15) is 35.1 Å². The van der Waals surface area contributed by atoms with E-state index in [9.17, 15) is 4.39 Å². The number of nitrogens with one attached hydrogen (secondary N) is 1. The summed E-state index contributed by atoms with van der Waals surface area (Å²) >= 11 is 0. The number of aryl methyl sites for hydroxylation is 1. The second-order valence-electron chi connectivity index (χ2n) is 5.89. The number of nitriles is 1. The summed E-state index contributed by atoms with van der Waals surface area (Å²) in [4.78, 5) is 4.21. The van der Waals surface area contributed by atoms with E-state index in [1.807, 2.05) is 18.2 Å². The minimum atomic E-state index is -0.386. The van der Waals surface area contributed by atoms with Crippen LogP contribution in [0.25, 0.3) is 0 Å². The molecule has 1 aliphatic carbocycles. The lowest BCUT2D eigenvalue weighted by atomic mass is 9.90. The van der Waals surface area contributed by atoms with Gasteiger partial charge >= 0.3 is 0 Å². The van der Waals surface area contributed by atoms with Crippen LogP contribution in [-0.4, -0.2) is 5.96 Å². The first kappa shape index (κ1) is 16.0. The lowest BCUT2D eigenvalue weighted by Crippen LogP contribution is -2.24. The Morgan fingerprint density at radius 1 is 1.25 bits per heavy atom. The van der Waals surface area contributed by atoms with E-state index >= 15 is 0 Å². The average Bonchev–Trinajstić information content (AvgIpc) is 2.61. The zero-order valence-electron chi connectivity index (χ0n) is 13.3. The van der Waals surface area contributed by atoms with E-state index in [4.69, 9.17) is 11.0 Å². The van der Waals surface area contributed by atoms with E-state index in [0.29, 0.717) is 11.1 Å². The molecule has 0 unspecified atom stereocenters. The number of nitrogens with zero attached hydrogens (tertiary/aromatic N) is 2. The first-order valence-corrected chi connectivity index (χ1v) is 8.03. The van der Waals surface area contributed by atoms with E-state index < -0.39 is 0 Å². The van der Waals surface area contributed by atoms with E-state index in [0.717, 1.165) is 18.5 Å². The molecule has 0 aliphatic heterocycles. The summed E-state index contributed by atoms with van der Waals surface area (Å²) in [6, 6.07) is 12.4. The minimum Gasteiger partial charge on any atom is -0.370 e. The highest BCUT2D eigenvalue weighted by molar-refractivity contribution is 5.93. The van der Waals surface area contributed by atoms with Gasteiger partial charge in [0.25, 0.3) is 0 Å². The summed E-state index contributed by atoms with van der Waals surface area (Å²) < 4.78 is 13.8. The summed E-state index contributed by atoms with van der Waals surface area (Å²) in [6.45, 7) is 0.0925. The molecular formula is C19H19FN4. The lowest BCUT2D eigenvalue weighted by Gasteiger charge is -2.19. The maximum atomic E-state index is 13.8. The maximum absolute atomic E-state index is 13.8. The van der Waals surface area contributed by atoms with Crippen LogP contribution in [0.15, 0.2) is 41.4 Å². The molecule has 2 aromatic rings. The van der Waals surface area contributed by atoms with Crippen molar-refractivity contribution in [3.05, 3.63) is 64.5 Å². The molecule has 24 heavy (non-hydrogen) atoms. The minimum absolute atomic E-state index is 0.0925. The zero-order chi connectivity index (χ0) is 16.9. The molecule has 1 aliphatic rings. The molecule has 0 fully saturated rings. The van der Waals surface area contributed by atoms with Gasteiger partial charge < -0.3 is 11.1 Å². The highest BCUT2D eigenvalue weighted by Gasteiger charge is 2.13. The molecule has 122 valence electrons. The number of nitrogens with two attached hydrogens (primary N) is 1. The van der Waals surface area contributed by atoms with Gasteiger partial charge in [-0.3, -0.25) is 0 Å². The number of fused-ring (bicyclic) bond motifs is 1. The number of anilines is 1. The quantitative estimate of drug-likeness (QED) is 0.671. The fraction of sp³-hybridized carbons (Fsp3) is 0.263. The number of benzene rings is 2. The second-order valence-corrected chi connectivity index (χ2v) is 5.89. The van der Waals surface area contributed by atoms with Crippen LogP contribution in [0.5, 0.6) is 0 Å². The Hall–Kier alpha value is -2.87. The van der Waals surface area contributed by atoms with Gasteiger partial charge in [0, 0.05) is 11.3 Å². The SMILES string of the molecule is N#Cc1ccc(F)c(CN=C(N)Nc2cccc3c2CCCC3)c1. The Balaban J connectivity index is 1.75. The molecule has 3 rings (SSSR count). The van der Waals surface area contributed by atoms with E-state index in [1.165, 1.54) is 42.2 Å². The number of rotatable bonds is 3. The normalized spacial score (nSPS) is 13.9. The standard InChI is InChI=1S/C19H19FN4/c20-17-9-8-13(11-21)10-15(17)12-23-19(22)24-18-7-3-5-14-4-1-2-6-16(14)18/h3,5,7-10H,1-2,4,6,12H2,(H3,22,23,24). The molecule has 0 atom stereocenters. The van der Waals surface area contributed by atoms with Crippen LogP contribution < -0.4 is 11.1 Å². The Bertz CT molecular complexity index is 821. The summed E-state index contributed by atoms with van der Waals surface area (Å²) in [7, 11) is 0. The van der Waals surface area contributed by atoms with Gasteiger partial charge in [0.05, 0.1) is 18.2 Å². The van der Waals surface area contributed by atoms with Crippen molar-refractivity contribution in [3.63, 3.8) is 0 Å². The number of hydrogen-bond donors (Lipinski definition) is 2. The molecule has 0 amide bonds. The molecule has 0 radical (unpaired) electrons. The third kappa shape index (κ3) is 3.54. The van der Waals surface area contributed by atoms with E-state index in [1.54, 1.807) is 0 Å². The molecule has 5 heteroatoms. The van der Waals surface area contributed by atoms with Gasteiger partial charge in [-0.25, -0.2) is 9.38 Å². The summed E-state index contributed by atoms with van der Waals surface area (Å²) in [5, 5.41) is 12.0. The van der Waals surface area contributed by atoms with Gasteiger partial charge in [-0.2, -0.15) is 5.26 Å². The van der Waals surface area contributed by atoms with Crippen LogP contribution in [0.2, 0.25) is 0 Å². The van der Waals surface area contributed by atoms with Gasteiger partial charge in [-0.05, 0) is 61.1 Å². The van der Waals surface area contributed by atoms with Crippen molar-refractivity contribution in [2.45, 2.75) is 32.2 Å². The van der Waals surface area contributed by atoms with Crippen LogP contribution in [-0.2, 0) is 19.4 Å². The zero-order valence-corrected chi connectivity index (χ0v) is 13.3. The fourth-order valence-electron chi connectivity index (χ4n) is 3.01. The van der Waals surface area contributed by atoms with Crippen molar-refractivity contribution in [3.8, 4) is 6.07 Å². The molecule has 0 bridgehead atoms. The van der Waals surface area contributed by atoms with Crippen molar-refractivity contribution in [1.29, 1.82) is 5.26 Å². The lowest BCUT2D eigenvalue weighted by molar-refractivity contribution is 0.610. The number of hydrogen-bond acceptors (Lipinski definition) is 2. The van der Waals surface area contributed by atoms with Gasteiger partial charge in [-0.1, -0.05) is 12.1 Å². The summed E-state index contributed by atoms with van der Waals surface area (Å²) in [5.74, 6) is -0.140. The number of guanidine groups is 1. The predicted octanol–water partition coefficient (Wildman–Crippen LogP) is 3.50. The molecule has 3 N–H and O–H groups in total. The van der Waals surface area contributed by atoms with Crippen molar-refractivity contribution < 1.29 is 4.39 Å². The topological polar surface area (TPSA) is 74.2 Å². The molecular weight excluding hydrogens is 303 g/mol. The molecule has 2 aromatic carbocycles. The van der Waals surface area contributed by atoms with Crippen molar-refractivity contribution >= 4 is 11.6 Å². The number of aliphatic imine (C=N–C) groups is 1. The van der Waals surface area contributed by atoms with Crippen molar-refractivity contribution in [1.82, 2.24) is 0 Å². The predicted molar refractivity (Wildman–Crippen MR) is 93.1 cm³/mol. The maximum Gasteiger partial charge on any atom is 0.193 e. The Morgan fingerprint density at radius 3 is 2.92 bits per heavy atom. The molecule has 0 saturated heterocycles. The first-order valence-electron chi connectivity index (χ1n) is 8.03. The molecule has 0 heterocycles. The molecule has 0 aromatic heterocycles. The monoisotopic (exact) mass is 322 g/mol. The third-order valence-corrected chi connectivity index (χ3v) is 4.25. The molecule has 0 spiro atoms. The van der Waals surface area contributed by atoms with Gasteiger partial charge in [0.2, 0.25) is 0 Å². The van der Waals surface area contributed by atoms with Gasteiger partial charge in [0.15, 0.2) is 5.96 Å².